The first-order chi connectivity index (χ1) is 15.8. The maximum atomic E-state index is 13.3. The Bertz CT molecular complexity index is 1210. The number of hydrogen-bond acceptors (Lipinski definition) is 4. The van der Waals surface area contributed by atoms with Crippen molar-refractivity contribution in [1.29, 1.82) is 0 Å². The summed E-state index contributed by atoms with van der Waals surface area (Å²) in [4.78, 5) is 29.4. The summed E-state index contributed by atoms with van der Waals surface area (Å²) < 4.78 is 34.1. The molecule has 2 amide bonds. The average Bonchev–Trinajstić information content (AvgIpc) is 3.15. The van der Waals surface area contributed by atoms with Gasteiger partial charge in [-0.25, -0.2) is 18.6 Å². The third-order valence-electron chi connectivity index (χ3n) is 5.80. The summed E-state index contributed by atoms with van der Waals surface area (Å²) in [5.41, 5.74) is 3.58. The molecule has 3 aromatic rings. The van der Waals surface area contributed by atoms with Gasteiger partial charge in [0.2, 0.25) is 0 Å². The fourth-order valence-corrected chi connectivity index (χ4v) is 4.10. The van der Waals surface area contributed by atoms with E-state index in [1.165, 1.54) is 17.0 Å². The number of morpholine rings is 1. The van der Waals surface area contributed by atoms with Crippen LogP contribution in [0.3, 0.4) is 0 Å². The van der Waals surface area contributed by atoms with Crippen molar-refractivity contribution in [3.8, 4) is 11.3 Å². The van der Waals surface area contributed by atoms with Crippen LogP contribution in [-0.4, -0.2) is 64.2 Å². The summed E-state index contributed by atoms with van der Waals surface area (Å²) in [7, 11) is 1.55. The van der Waals surface area contributed by atoms with Gasteiger partial charge in [-0.3, -0.25) is 4.79 Å². The standard InChI is InChI=1S/C23H24F2N4O4/c1-13-9-15(22(30)26-2)3-4-17(13)20-18(11-16-12-28(23(31)32)7-8-33-16)29-6-5-14(21(24)25)10-19(29)27-20/h3-6,9-10,16,21H,7-8,11-12H2,1-2H3,(H,26,30)(H,31,32). The molecule has 8 nitrogen and oxygen atoms in total. The van der Waals surface area contributed by atoms with Gasteiger partial charge >= 0.3 is 6.09 Å². The highest BCUT2D eigenvalue weighted by Gasteiger charge is 2.27. The van der Waals surface area contributed by atoms with E-state index in [-0.39, 0.29) is 24.6 Å². The smallest absolute Gasteiger partial charge is 0.407 e. The van der Waals surface area contributed by atoms with Gasteiger partial charge in [-0.15, -0.1) is 0 Å². The quantitative estimate of drug-likeness (QED) is 0.610. The summed E-state index contributed by atoms with van der Waals surface area (Å²) in [6.07, 6.45) is -2.16. The minimum atomic E-state index is -2.63. The Morgan fingerprint density at radius 3 is 2.76 bits per heavy atom. The molecular weight excluding hydrogens is 434 g/mol. The van der Waals surface area contributed by atoms with Gasteiger partial charge < -0.3 is 24.5 Å². The molecule has 10 heteroatoms. The molecule has 1 saturated heterocycles. The molecular formula is C23H24F2N4O4. The Hall–Kier alpha value is -3.53. The monoisotopic (exact) mass is 458 g/mol. The van der Waals surface area contributed by atoms with E-state index in [1.807, 2.05) is 6.92 Å². The third-order valence-corrected chi connectivity index (χ3v) is 5.80. The zero-order chi connectivity index (χ0) is 23.7. The minimum Gasteiger partial charge on any atom is -0.465 e. The Balaban J connectivity index is 1.79. The topological polar surface area (TPSA) is 96.2 Å². The summed E-state index contributed by atoms with van der Waals surface area (Å²) in [5, 5.41) is 11.9. The Kier molecular flexibility index (Phi) is 6.28. The molecule has 0 bridgehead atoms. The first-order valence-electron chi connectivity index (χ1n) is 10.5. The van der Waals surface area contributed by atoms with E-state index in [4.69, 9.17) is 4.74 Å². The van der Waals surface area contributed by atoms with Crippen molar-refractivity contribution < 1.29 is 28.2 Å². The predicted molar refractivity (Wildman–Crippen MR) is 117 cm³/mol. The number of aromatic nitrogens is 2. The highest BCUT2D eigenvalue weighted by molar-refractivity contribution is 5.95. The van der Waals surface area contributed by atoms with Crippen LogP contribution >= 0.6 is 0 Å². The molecule has 33 heavy (non-hydrogen) atoms. The van der Waals surface area contributed by atoms with Crippen LogP contribution in [0.25, 0.3) is 16.9 Å². The second-order valence-corrected chi connectivity index (χ2v) is 7.93. The molecule has 0 radical (unpaired) electrons. The number of benzene rings is 1. The molecule has 4 rings (SSSR count). The van der Waals surface area contributed by atoms with E-state index in [9.17, 15) is 23.5 Å². The number of carbonyl (C=O) groups is 2. The number of nitrogens with zero attached hydrogens (tertiary/aromatic N) is 3. The molecule has 1 fully saturated rings. The largest absolute Gasteiger partial charge is 0.465 e. The molecule has 1 aliphatic rings. The number of halogens is 2. The van der Waals surface area contributed by atoms with Crippen LogP contribution in [-0.2, 0) is 11.2 Å². The molecule has 0 spiro atoms. The lowest BCUT2D eigenvalue weighted by atomic mass is 9.99. The number of amides is 2. The van der Waals surface area contributed by atoms with Gasteiger partial charge in [-0.1, -0.05) is 6.07 Å². The highest BCUT2D eigenvalue weighted by atomic mass is 19.3. The number of fused-ring (bicyclic) bond motifs is 1. The second kappa shape index (κ2) is 9.14. The second-order valence-electron chi connectivity index (χ2n) is 7.93. The van der Waals surface area contributed by atoms with Gasteiger partial charge in [0.1, 0.15) is 5.65 Å². The third kappa shape index (κ3) is 4.51. The van der Waals surface area contributed by atoms with Crippen molar-refractivity contribution in [2.75, 3.05) is 26.7 Å². The first-order valence-corrected chi connectivity index (χ1v) is 10.5. The predicted octanol–water partition coefficient (Wildman–Crippen LogP) is 3.53. The maximum Gasteiger partial charge on any atom is 0.407 e. The van der Waals surface area contributed by atoms with Crippen molar-refractivity contribution in [2.45, 2.75) is 25.9 Å². The van der Waals surface area contributed by atoms with Gasteiger partial charge in [0.25, 0.3) is 12.3 Å². The van der Waals surface area contributed by atoms with Gasteiger partial charge in [0.05, 0.1) is 30.6 Å². The zero-order valence-corrected chi connectivity index (χ0v) is 18.2. The van der Waals surface area contributed by atoms with Crippen molar-refractivity contribution in [2.24, 2.45) is 0 Å². The summed E-state index contributed by atoms with van der Waals surface area (Å²) in [6, 6.07) is 7.90. The lowest BCUT2D eigenvalue weighted by Crippen LogP contribution is -2.45. The van der Waals surface area contributed by atoms with Crippen LogP contribution < -0.4 is 5.32 Å². The number of ether oxygens (including phenoxy) is 1. The number of alkyl halides is 2. The number of carboxylic acid groups (broad SMARTS) is 1. The fourth-order valence-electron chi connectivity index (χ4n) is 4.10. The maximum absolute atomic E-state index is 13.3. The molecule has 0 aliphatic carbocycles. The number of nitrogens with one attached hydrogen (secondary N) is 1. The number of hydrogen-bond donors (Lipinski definition) is 2. The van der Waals surface area contributed by atoms with E-state index < -0.39 is 18.6 Å². The minimum absolute atomic E-state index is 0.136. The number of rotatable bonds is 5. The molecule has 1 aliphatic heterocycles. The van der Waals surface area contributed by atoms with Crippen LogP contribution in [0.4, 0.5) is 13.6 Å². The number of imidazole rings is 1. The summed E-state index contributed by atoms with van der Waals surface area (Å²) >= 11 is 0. The Morgan fingerprint density at radius 2 is 2.09 bits per heavy atom. The van der Waals surface area contributed by atoms with Crippen molar-refractivity contribution in [3.63, 3.8) is 0 Å². The van der Waals surface area contributed by atoms with Crippen LogP contribution in [0.1, 0.15) is 33.6 Å². The Morgan fingerprint density at radius 1 is 1.30 bits per heavy atom. The summed E-state index contributed by atoms with van der Waals surface area (Å²) in [6.45, 7) is 2.62. The molecule has 2 aromatic heterocycles. The lowest BCUT2D eigenvalue weighted by molar-refractivity contribution is -0.0214. The molecule has 1 unspecified atom stereocenters. The average molecular weight is 458 g/mol. The normalized spacial score (nSPS) is 16.4. The molecule has 0 saturated carbocycles. The van der Waals surface area contributed by atoms with E-state index in [2.05, 4.69) is 10.3 Å². The van der Waals surface area contributed by atoms with E-state index in [0.717, 1.165) is 16.8 Å². The molecule has 3 heterocycles. The van der Waals surface area contributed by atoms with E-state index >= 15 is 0 Å². The van der Waals surface area contributed by atoms with Crippen LogP contribution in [0.15, 0.2) is 36.5 Å². The van der Waals surface area contributed by atoms with Crippen LogP contribution in [0.2, 0.25) is 0 Å². The number of pyridine rings is 1. The molecule has 1 aromatic carbocycles. The fraction of sp³-hybridized carbons (Fsp3) is 0.348. The van der Waals surface area contributed by atoms with Crippen molar-refractivity contribution in [1.82, 2.24) is 19.6 Å². The Labute approximate surface area is 188 Å². The van der Waals surface area contributed by atoms with Gasteiger partial charge in [-0.05, 0) is 36.8 Å². The number of carbonyl (C=O) groups excluding carboxylic acids is 1. The van der Waals surface area contributed by atoms with Crippen molar-refractivity contribution >= 4 is 17.6 Å². The molecule has 1 atom stereocenters. The molecule has 2 N–H and O–H groups in total. The van der Waals surface area contributed by atoms with Crippen LogP contribution in [0.5, 0.6) is 0 Å². The highest BCUT2D eigenvalue weighted by Crippen LogP contribution is 2.31. The van der Waals surface area contributed by atoms with Gasteiger partial charge in [0.15, 0.2) is 0 Å². The van der Waals surface area contributed by atoms with E-state index in [1.54, 1.807) is 35.8 Å². The zero-order valence-electron chi connectivity index (χ0n) is 18.2. The lowest BCUT2D eigenvalue weighted by Gasteiger charge is -2.31. The van der Waals surface area contributed by atoms with Crippen LogP contribution in [0, 0.1) is 6.92 Å². The first kappa shape index (κ1) is 22.7. The SMILES string of the molecule is CNC(=O)c1ccc(-c2nc3cc(C(F)F)ccn3c2CC2CN(C(=O)O)CCO2)c(C)c1. The number of aryl methyl sites for hydroxylation is 1. The summed E-state index contributed by atoms with van der Waals surface area (Å²) in [5.74, 6) is -0.217. The van der Waals surface area contributed by atoms with Crippen molar-refractivity contribution in [3.05, 3.63) is 58.9 Å². The van der Waals surface area contributed by atoms with E-state index in [0.29, 0.717) is 29.9 Å². The molecule has 174 valence electrons. The van der Waals surface area contributed by atoms with Gasteiger partial charge in [-0.2, -0.15) is 0 Å². The van der Waals surface area contributed by atoms with Gasteiger partial charge in [0, 0.05) is 42.9 Å².